The van der Waals surface area contributed by atoms with E-state index in [9.17, 15) is 4.79 Å². The Bertz CT molecular complexity index is 394. The highest BCUT2D eigenvalue weighted by Gasteiger charge is 2.19. The summed E-state index contributed by atoms with van der Waals surface area (Å²) in [6.07, 6.45) is 7.96. The van der Waals surface area contributed by atoms with Crippen LogP contribution in [0, 0.1) is 5.92 Å². The molecular weight excluding hydrogens is 232 g/mol. The number of rotatable bonds is 4. The molecule has 1 aromatic carbocycles. The van der Waals surface area contributed by atoms with E-state index in [1.807, 2.05) is 0 Å². The van der Waals surface area contributed by atoms with Crippen LogP contribution in [0.25, 0.3) is 0 Å². The number of hydrogen-bond donors (Lipinski definition) is 0. The molecule has 1 fully saturated rings. The second-order valence-corrected chi connectivity index (χ2v) is 6.23. The van der Waals surface area contributed by atoms with Gasteiger partial charge in [0.05, 0.1) is 0 Å². The highest BCUT2D eigenvalue weighted by molar-refractivity contribution is 5.83. The summed E-state index contributed by atoms with van der Waals surface area (Å²) in [7, 11) is 0. The lowest BCUT2D eigenvalue weighted by atomic mass is 9.91. The van der Waals surface area contributed by atoms with E-state index in [4.69, 9.17) is 0 Å². The van der Waals surface area contributed by atoms with Gasteiger partial charge in [0.1, 0.15) is 5.78 Å². The molecule has 0 radical (unpaired) electrons. The van der Waals surface area contributed by atoms with Gasteiger partial charge in [0.15, 0.2) is 0 Å². The lowest BCUT2D eigenvalue weighted by Gasteiger charge is -2.13. The first kappa shape index (κ1) is 14.3. The Hall–Kier alpha value is -1.11. The maximum atomic E-state index is 12.3. The molecular formula is C18H26O. The van der Waals surface area contributed by atoms with Crippen molar-refractivity contribution in [1.29, 1.82) is 0 Å². The quantitative estimate of drug-likeness (QED) is 0.703. The zero-order valence-electron chi connectivity index (χ0n) is 12.3. The summed E-state index contributed by atoms with van der Waals surface area (Å²) in [5.74, 6) is 1.35. The summed E-state index contributed by atoms with van der Waals surface area (Å²) in [6.45, 7) is 4.40. The van der Waals surface area contributed by atoms with Crippen molar-refractivity contribution in [2.45, 2.75) is 64.7 Å². The van der Waals surface area contributed by atoms with E-state index in [0.29, 0.717) is 24.0 Å². The van der Waals surface area contributed by atoms with E-state index < -0.39 is 0 Å². The first-order chi connectivity index (χ1) is 9.16. The van der Waals surface area contributed by atoms with Gasteiger partial charge < -0.3 is 0 Å². The van der Waals surface area contributed by atoms with Crippen LogP contribution in [0.15, 0.2) is 24.3 Å². The second kappa shape index (κ2) is 6.88. The number of hydrogen-bond acceptors (Lipinski definition) is 1. The van der Waals surface area contributed by atoms with Gasteiger partial charge in [-0.1, -0.05) is 63.8 Å². The highest BCUT2D eigenvalue weighted by atomic mass is 16.1. The standard InChI is InChI=1S/C18H26O/c1-14(2)16-11-9-15(10-12-16)13-18(19)17-7-5-3-4-6-8-17/h9-12,14,17H,3-8,13H2,1-2H3. The summed E-state index contributed by atoms with van der Waals surface area (Å²) in [4.78, 5) is 12.3. The van der Waals surface area contributed by atoms with Crippen molar-refractivity contribution in [3.05, 3.63) is 35.4 Å². The summed E-state index contributed by atoms with van der Waals surface area (Å²) < 4.78 is 0. The molecule has 1 aromatic rings. The van der Waals surface area contributed by atoms with Crippen LogP contribution < -0.4 is 0 Å². The van der Waals surface area contributed by atoms with E-state index >= 15 is 0 Å². The number of carbonyl (C=O) groups is 1. The van der Waals surface area contributed by atoms with E-state index in [2.05, 4.69) is 38.1 Å². The minimum Gasteiger partial charge on any atom is -0.299 e. The third-order valence-corrected chi connectivity index (χ3v) is 4.34. The van der Waals surface area contributed by atoms with Gasteiger partial charge in [-0.25, -0.2) is 0 Å². The maximum Gasteiger partial charge on any atom is 0.140 e. The highest BCUT2D eigenvalue weighted by Crippen LogP contribution is 2.25. The van der Waals surface area contributed by atoms with E-state index in [0.717, 1.165) is 12.8 Å². The fourth-order valence-electron chi connectivity index (χ4n) is 2.97. The van der Waals surface area contributed by atoms with Crippen LogP contribution in [0.3, 0.4) is 0 Å². The molecule has 0 atom stereocenters. The summed E-state index contributed by atoms with van der Waals surface area (Å²) >= 11 is 0. The van der Waals surface area contributed by atoms with Crippen molar-refractivity contribution in [2.75, 3.05) is 0 Å². The lowest BCUT2D eigenvalue weighted by molar-refractivity contribution is -0.122. The number of ketones is 1. The van der Waals surface area contributed by atoms with Crippen LogP contribution in [-0.4, -0.2) is 5.78 Å². The Kier molecular flexibility index (Phi) is 5.18. The Morgan fingerprint density at radius 3 is 2.16 bits per heavy atom. The number of carbonyl (C=O) groups excluding carboxylic acids is 1. The van der Waals surface area contributed by atoms with Gasteiger partial charge in [0.2, 0.25) is 0 Å². The molecule has 0 aliphatic heterocycles. The maximum absolute atomic E-state index is 12.3. The minimum atomic E-state index is 0.326. The topological polar surface area (TPSA) is 17.1 Å². The minimum absolute atomic E-state index is 0.326. The molecule has 0 saturated heterocycles. The molecule has 1 saturated carbocycles. The van der Waals surface area contributed by atoms with Crippen LogP contribution in [-0.2, 0) is 11.2 Å². The van der Waals surface area contributed by atoms with Crippen molar-refractivity contribution < 1.29 is 4.79 Å². The first-order valence-corrected chi connectivity index (χ1v) is 7.78. The third-order valence-electron chi connectivity index (χ3n) is 4.34. The van der Waals surface area contributed by atoms with Crippen LogP contribution in [0.1, 0.15) is 69.4 Å². The summed E-state index contributed by atoms with van der Waals surface area (Å²) in [6, 6.07) is 8.59. The molecule has 104 valence electrons. The fraction of sp³-hybridized carbons (Fsp3) is 0.611. The van der Waals surface area contributed by atoms with Gasteiger partial charge in [-0.05, 0) is 29.9 Å². The third kappa shape index (κ3) is 4.19. The molecule has 1 aliphatic carbocycles. The van der Waals surface area contributed by atoms with Crippen LogP contribution in [0.4, 0.5) is 0 Å². The monoisotopic (exact) mass is 258 g/mol. The molecule has 19 heavy (non-hydrogen) atoms. The lowest BCUT2D eigenvalue weighted by Crippen LogP contribution is -2.16. The predicted molar refractivity (Wildman–Crippen MR) is 80.4 cm³/mol. The Morgan fingerprint density at radius 2 is 1.63 bits per heavy atom. The zero-order chi connectivity index (χ0) is 13.7. The number of Topliss-reactive ketones (excluding diaryl/α,β-unsaturated/α-hetero) is 1. The van der Waals surface area contributed by atoms with Gasteiger partial charge in [0.25, 0.3) is 0 Å². The molecule has 0 spiro atoms. The van der Waals surface area contributed by atoms with Gasteiger partial charge >= 0.3 is 0 Å². The van der Waals surface area contributed by atoms with Crippen molar-refractivity contribution in [3.63, 3.8) is 0 Å². The Labute approximate surface area is 117 Å². The average Bonchev–Trinajstić information content (AvgIpc) is 2.68. The molecule has 0 N–H and O–H groups in total. The summed E-state index contributed by atoms with van der Waals surface area (Å²) in [5.41, 5.74) is 2.53. The van der Waals surface area contributed by atoms with Gasteiger partial charge in [-0.2, -0.15) is 0 Å². The van der Waals surface area contributed by atoms with E-state index in [1.165, 1.54) is 36.8 Å². The summed E-state index contributed by atoms with van der Waals surface area (Å²) in [5, 5.41) is 0. The molecule has 1 aliphatic rings. The van der Waals surface area contributed by atoms with Crippen LogP contribution in [0.2, 0.25) is 0 Å². The second-order valence-electron chi connectivity index (χ2n) is 6.23. The average molecular weight is 258 g/mol. The normalized spacial score (nSPS) is 17.4. The fourth-order valence-corrected chi connectivity index (χ4v) is 2.97. The molecule has 0 aromatic heterocycles. The predicted octanol–water partition coefficient (Wildman–Crippen LogP) is 4.89. The molecule has 0 heterocycles. The molecule has 1 nitrogen and oxygen atoms in total. The van der Waals surface area contributed by atoms with Crippen molar-refractivity contribution in [2.24, 2.45) is 5.92 Å². The van der Waals surface area contributed by atoms with Crippen molar-refractivity contribution >= 4 is 5.78 Å². The molecule has 0 unspecified atom stereocenters. The largest absolute Gasteiger partial charge is 0.299 e. The van der Waals surface area contributed by atoms with Crippen molar-refractivity contribution in [1.82, 2.24) is 0 Å². The Balaban J connectivity index is 1.94. The number of benzene rings is 1. The molecule has 1 heteroatoms. The molecule has 0 amide bonds. The van der Waals surface area contributed by atoms with Gasteiger partial charge in [0, 0.05) is 12.3 Å². The Morgan fingerprint density at radius 1 is 1.05 bits per heavy atom. The van der Waals surface area contributed by atoms with Gasteiger partial charge in [-0.15, -0.1) is 0 Å². The molecule has 2 rings (SSSR count). The zero-order valence-corrected chi connectivity index (χ0v) is 12.3. The van der Waals surface area contributed by atoms with E-state index in [-0.39, 0.29) is 0 Å². The van der Waals surface area contributed by atoms with E-state index in [1.54, 1.807) is 0 Å². The first-order valence-electron chi connectivity index (χ1n) is 7.78. The molecule has 0 bridgehead atoms. The SMILES string of the molecule is CC(C)c1ccc(CC(=O)C2CCCCCC2)cc1. The van der Waals surface area contributed by atoms with Crippen LogP contribution >= 0.6 is 0 Å². The van der Waals surface area contributed by atoms with Crippen LogP contribution in [0.5, 0.6) is 0 Å². The smallest absolute Gasteiger partial charge is 0.140 e. The van der Waals surface area contributed by atoms with Crippen molar-refractivity contribution in [3.8, 4) is 0 Å². The van der Waals surface area contributed by atoms with Gasteiger partial charge in [-0.3, -0.25) is 4.79 Å².